The molecule has 8 heteroatoms. The number of hydrogen-bond acceptors (Lipinski definition) is 4. The van der Waals surface area contributed by atoms with Gasteiger partial charge in [-0.1, -0.05) is 6.92 Å². The fraction of sp³-hybridized carbons (Fsp3) is 0.304. The SMILES string of the molecule is CC[C@@H](CCNC(=S)Nc1ccc(C(C)=O)cc1)NC(=S)Nc1ccc(C(C)=O)cc1. The van der Waals surface area contributed by atoms with Crippen LogP contribution in [0.15, 0.2) is 48.5 Å². The van der Waals surface area contributed by atoms with Crippen LogP contribution in [-0.4, -0.2) is 34.4 Å². The number of ketones is 2. The molecule has 0 saturated heterocycles. The van der Waals surface area contributed by atoms with Crippen LogP contribution in [0.25, 0.3) is 0 Å². The molecule has 2 aromatic rings. The largest absolute Gasteiger partial charge is 0.362 e. The molecule has 0 aliphatic heterocycles. The molecule has 2 aromatic carbocycles. The number of rotatable bonds is 9. The second-order valence-electron chi connectivity index (χ2n) is 7.14. The van der Waals surface area contributed by atoms with Gasteiger partial charge in [-0.15, -0.1) is 0 Å². The zero-order chi connectivity index (χ0) is 22.8. The second kappa shape index (κ2) is 12.1. The van der Waals surface area contributed by atoms with E-state index in [0.717, 1.165) is 24.2 Å². The van der Waals surface area contributed by atoms with Gasteiger partial charge in [-0.05, 0) is 99.7 Å². The van der Waals surface area contributed by atoms with Crippen LogP contribution in [0.3, 0.4) is 0 Å². The van der Waals surface area contributed by atoms with Crippen molar-refractivity contribution in [2.45, 2.75) is 39.7 Å². The molecular formula is C23H28N4O2S2. The molecule has 164 valence electrons. The first-order valence-corrected chi connectivity index (χ1v) is 10.9. The van der Waals surface area contributed by atoms with Crippen LogP contribution in [0.2, 0.25) is 0 Å². The number of anilines is 2. The maximum Gasteiger partial charge on any atom is 0.170 e. The Kier molecular flexibility index (Phi) is 9.55. The van der Waals surface area contributed by atoms with E-state index in [1.165, 1.54) is 6.92 Å². The molecule has 2 rings (SSSR count). The van der Waals surface area contributed by atoms with Gasteiger partial charge in [-0.2, -0.15) is 0 Å². The summed E-state index contributed by atoms with van der Waals surface area (Å²) in [6.07, 6.45) is 1.73. The lowest BCUT2D eigenvalue weighted by atomic mass is 10.1. The topological polar surface area (TPSA) is 82.3 Å². The van der Waals surface area contributed by atoms with Crippen molar-refractivity contribution in [3.05, 3.63) is 59.7 Å². The molecule has 0 fully saturated rings. The molecule has 6 nitrogen and oxygen atoms in total. The van der Waals surface area contributed by atoms with Gasteiger partial charge in [-0.25, -0.2) is 0 Å². The number of carbonyl (C=O) groups excluding carboxylic acids is 2. The highest BCUT2D eigenvalue weighted by Gasteiger charge is 2.09. The minimum absolute atomic E-state index is 0.0332. The number of Topliss-reactive ketones (excluding diaryl/α,β-unsaturated/α-hetero) is 2. The number of hydrogen-bond donors (Lipinski definition) is 4. The predicted octanol–water partition coefficient (Wildman–Crippen LogP) is 4.53. The molecule has 0 aromatic heterocycles. The minimum Gasteiger partial charge on any atom is -0.362 e. The Hall–Kier alpha value is -2.84. The lowest BCUT2D eigenvalue weighted by molar-refractivity contribution is 0.100. The van der Waals surface area contributed by atoms with Crippen molar-refractivity contribution in [3.63, 3.8) is 0 Å². The number of nitrogens with one attached hydrogen (secondary N) is 4. The highest BCUT2D eigenvalue weighted by Crippen LogP contribution is 2.11. The van der Waals surface area contributed by atoms with Crippen molar-refractivity contribution in [1.29, 1.82) is 0 Å². The molecule has 31 heavy (non-hydrogen) atoms. The maximum atomic E-state index is 11.4. The van der Waals surface area contributed by atoms with Crippen LogP contribution in [0, 0.1) is 0 Å². The van der Waals surface area contributed by atoms with Gasteiger partial charge in [0.2, 0.25) is 0 Å². The molecule has 1 atom stereocenters. The molecular weight excluding hydrogens is 428 g/mol. The monoisotopic (exact) mass is 456 g/mol. The van der Waals surface area contributed by atoms with Gasteiger partial charge in [0, 0.05) is 35.1 Å². The molecule has 0 saturated carbocycles. The van der Waals surface area contributed by atoms with Crippen LogP contribution < -0.4 is 21.3 Å². The summed E-state index contributed by atoms with van der Waals surface area (Å²) in [7, 11) is 0. The van der Waals surface area contributed by atoms with Crippen molar-refractivity contribution in [1.82, 2.24) is 10.6 Å². The van der Waals surface area contributed by atoms with Gasteiger partial charge in [0.25, 0.3) is 0 Å². The van der Waals surface area contributed by atoms with Crippen molar-refractivity contribution in [2.75, 3.05) is 17.2 Å². The van der Waals surface area contributed by atoms with Gasteiger partial charge in [0.05, 0.1) is 0 Å². The van der Waals surface area contributed by atoms with Crippen LogP contribution in [0.4, 0.5) is 11.4 Å². The van der Waals surface area contributed by atoms with Crippen LogP contribution in [-0.2, 0) is 0 Å². The Morgan fingerprint density at radius 2 is 1.26 bits per heavy atom. The molecule has 0 heterocycles. The van der Waals surface area contributed by atoms with Gasteiger partial charge >= 0.3 is 0 Å². The van der Waals surface area contributed by atoms with E-state index in [0.29, 0.717) is 27.9 Å². The highest BCUT2D eigenvalue weighted by molar-refractivity contribution is 7.80. The van der Waals surface area contributed by atoms with E-state index in [2.05, 4.69) is 28.2 Å². The Morgan fingerprint density at radius 3 is 1.68 bits per heavy atom. The normalized spacial score (nSPS) is 11.2. The fourth-order valence-corrected chi connectivity index (χ4v) is 3.35. The number of benzene rings is 2. The standard InChI is InChI=1S/C23H28N4O2S2/c1-4-19(25-23(31)27-21-11-7-18(8-12-21)16(3)29)13-14-24-22(30)26-20-9-5-17(6-10-20)15(2)28/h5-12,19H,4,13-14H2,1-3H3,(H2,24,26,30)(H2,25,27,31)/t19-/m0/s1. The average Bonchev–Trinajstić information content (AvgIpc) is 2.73. The Labute approximate surface area is 194 Å². The summed E-state index contributed by atoms with van der Waals surface area (Å²) in [6.45, 7) is 5.85. The first-order valence-electron chi connectivity index (χ1n) is 10.1. The summed E-state index contributed by atoms with van der Waals surface area (Å²) < 4.78 is 0. The molecule has 0 aliphatic carbocycles. The van der Waals surface area contributed by atoms with Gasteiger partial charge < -0.3 is 21.3 Å². The summed E-state index contributed by atoms with van der Waals surface area (Å²) in [4.78, 5) is 22.7. The summed E-state index contributed by atoms with van der Waals surface area (Å²) in [5.41, 5.74) is 2.99. The summed E-state index contributed by atoms with van der Waals surface area (Å²) in [6, 6.07) is 14.6. The summed E-state index contributed by atoms with van der Waals surface area (Å²) in [5.74, 6) is 0.0668. The van der Waals surface area contributed by atoms with Gasteiger partial charge in [0.15, 0.2) is 21.8 Å². The number of thiocarbonyl (C=S) groups is 2. The zero-order valence-electron chi connectivity index (χ0n) is 18.0. The molecule has 4 N–H and O–H groups in total. The lowest BCUT2D eigenvalue weighted by Crippen LogP contribution is -2.40. The van der Waals surface area contributed by atoms with Crippen LogP contribution in [0.5, 0.6) is 0 Å². The molecule has 0 unspecified atom stereocenters. The second-order valence-corrected chi connectivity index (χ2v) is 7.96. The van der Waals surface area contributed by atoms with Crippen molar-refractivity contribution < 1.29 is 9.59 Å². The molecule has 0 spiro atoms. The van der Waals surface area contributed by atoms with Gasteiger partial charge in [0.1, 0.15) is 0 Å². The first-order chi connectivity index (χ1) is 14.8. The van der Waals surface area contributed by atoms with Gasteiger partial charge in [-0.3, -0.25) is 9.59 Å². The third-order valence-corrected chi connectivity index (χ3v) is 5.17. The molecule has 0 aliphatic rings. The van der Waals surface area contributed by atoms with Crippen LogP contribution >= 0.6 is 24.4 Å². The minimum atomic E-state index is 0.0332. The van der Waals surface area contributed by atoms with E-state index in [1.807, 2.05) is 24.3 Å². The lowest BCUT2D eigenvalue weighted by Gasteiger charge is -2.20. The molecule has 0 radical (unpaired) electrons. The summed E-state index contributed by atoms with van der Waals surface area (Å²) >= 11 is 10.7. The van der Waals surface area contributed by atoms with Crippen molar-refractivity contribution >= 4 is 57.6 Å². The fourth-order valence-electron chi connectivity index (χ4n) is 2.84. The summed E-state index contributed by atoms with van der Waals surface area (Å²) in [5, 5.41) is 13.8. The van der Waals surface area contributed by atoms with E-state index >= 15 is 0 Å². The van der Waals surface area contributed by atoms with Crippen molar-refractivity contribution in [2.24, 2.45) is 0 Å². The number of carbonyl (C=O) groups is 2. The average molecular weight is 457 g/mol. The van der Waals surface area contributed by atoms with E-state index in [1.54, 1.807) is 31.2 Å². The zero-order valence-corrected chi connectivity index (χ0v) is 19.6. The third-order valence-electron chi connectivity index (χ3n) is 4.70. The van der Waals surface area contributed by atoms with E-state index in [-0.39, 0.29) is 17.6 Å². The Bertz CT molecular complexity index is 928. The quantitative estimate of drug-likeness (QED) is 0.324. The Morgan fingerprint density at radius 1 is 0.806 bits per heavy atom. The molecule has 0 bridgehead atoms. The smallest absolute Gasteiger partial charge is 0.170 e. The Balaban J connectivity index is 1.74. The van der Waals surface area contributed by atoms with E-state index < -0.39 is 0 Å². The van der Waals surface area contributed by atoms with E-state index in [4.69, 9.17) is 24.4 Å². The maximum absolute atomic E-state index is 11.4. The third kappa shape index (κ3) is 8.43. The molecule has 0 amide bonds. The van der Waals surface area contributed by atoms with Crippen molar-refractivity contribution in [3.8, 4) is 0 Å². The first kappa shape index (κ1) is 24.4. The van der Waals surface area contributed by atoms with Crippen LogP contribution in [0.1, 0.15) is 54.3 Å². The predicted molar refractivity (Wildman–Crippen MR) is 135 cm³/mol. The van der Waals surface area contributed by atoms with E-state index in [9.17, 15) is 9.59 Å². The highest BCUT2D eigenvalue weighted by atomic mass is 32.1.